The van der Waals surface area contributed by atoms with E-state index in [1.54, 1.807) is 0 Å². The monoisotopic (exact) mass is 462 g/mol. The van der Waals surface area contributed by atoms with Crippen molar-refractivity contribution in [1.29, 1.82) is 5.26 Å². The fraction of sp³-hybridized carbons (Fsp3) is 0.318. The molecule has 172 valence electrons. The molecule has 0 spiro atoms. The number of anilines is 2. The van der Waals surface area contributed by atoms with E-state index in [0.29, 0.717) is 13.0 Å². The van der Waals surface area contributed by atoms with E-state index in [-0.39, 0.29) is 23.5 Å². The van der Waals surface area contributed by atoms with E-state index < -0.39 is 47.1 Å². The van der Waals surface area contributed by atoms with Crippen LogP contribution in [0.1, 0.15) is 27.9 Å². The van der Waals surface area contributed by atoms with Crippen LogP contribution < -0.4 is 15.1 Å². The number of hydrogen-bond acceptors (Lipinski definition) is 4. The third-order valence-electron chi connectivity index (χ3n) is 5.78. The average molecular weight is 462 g/mol. The lowest BCUT2D eigenvalue weighted by atomic mass is 10.0. The Morgan fingerprint density at radius 2 is 1.82 bits per heavy atom. The molecule has 0 unspecified atom stereocenters. The molecular weight excluding hydrogens is 444 g/mol. The molecule has 2 aliphatic heterocycles. The summed E-state index contributed by atoms with van der Waals surface area (Å²) in [5, 5.41) is 11.4. The number of nitrogens with zero attached hydrogens (tertiary/aromatic N) is 3. The van der Waals surface area contributed by atoms with Crippen molar-refractivity contribution in [2.24, 2.45) is 0 Å². The maximum Gasteiger partial charge on any atom is 0.417 e. The first-order valence-corrected chi connectivity index (χ1v) is 10.0. The fourth-order valence-corrected chi connectivity index (χ4v) is 4.25. The van der Waals surface area contributed by atoms with Crippen LogP contribution in [-0.2, 0) is 10.9 Å². The smallest absolute Gasteiger partial charge is 0.379 e. The molecule has 0 aromatic heterocycles. The Kier molecular flexibility index (Phi) is 5.71. The summed E-state index contributed by atoms with van der Waals surface area (Å²) in [4.78, 5) is 27.7. The van der Waals surface area contributed by atoms with Crippen LogP contribution in [0.25, 0.3) is 0 Å². The molecule has 2 atom stereocenters. The lowest BCUT2D eigenvalue weighted by Crippen LogP contribution is -2.45. The third kappa shape index (κ3) is 3.87. The quantitative estimate of drug-likeness (QED) is 0.706. The SMILES string of the molecule is CNC(=O)c1ccc(N2C(=O)N(c3ccc(C#N)c(C(F)(F)F)c3)[C@H]3CCOC[C@@H]32)cc1F. The lowest BCUT2D eigenvalue weighted by molar-refractivity contribution is -0.137. The van der Waals surface area contributed by atoms with Gasteiger partial charge in [-0.2, -0.15) is 18.4 Å². The van der Waals surface area contributed by atoms with Crippen LogP contribution in [0.4, 0.5) is 33.7 Å². The average Bonchev–Trinajstić information content (AvgIpc) is 3.09. The number of alkyl halides is 3. The first kappa shape index (κ1) is 22.5. The second-order valence-corrected chi connectivity index (χ2v) is 7.60. The molecule has 0 radical (unpaired) electrons. The van der Waals surface area contributed by atoms with Crippen LogP contribution in [0.2, 0.25) is 0 Å². The Balaban J connectivity index is 1.77. The number of rotatable bonds is 3. The number of hydrogen-bond donors (Lipinski definition) is 1. The molecule has 0 bridgehead atoms. The van der Waals surface area contributed by atoms with Gasteiger partial charge in [-0.3, -0.25) is 14.6 Å². The summed E-state index contributed by atoms with van der Waals surface area (Å²) in [5.41, 5.74) is -1.77. The van der Waals surface area contributed by atoms with Gasteiger partial charge in [0.25, 0.3) is 5.91 Å². The number of amides is 3. The van der Waals surface area contributed by atoms with Gasteiger partial charge in [-0.15, -0.1) is 0 Å². The molecule has 11 heteroatoms. The summed E-state index contributed by atoms with van der Waals surface area (Å²) < 4.78 is 60.5. The van der Waals surface area contributed by atoms with Crippen molar-refractivity contribution in [2.45, 2.75) is 24.7 Å². The van der Waals surface area contributed by atoms with E-state index in [2.05, 4.69) is 5.32 Å². The molecule has 2 fully saturated rings. The fourth-order valence-electron chi connectivity index (χ4n) is 4.25. The summed E-state index contributed by atoms with van der Waals surface area (Å²) >= 11 is 0. The number of ether oxygens (including phenoxy) is 1. The molecule has 0 saturated carbocycles. The Morgan fingerprint density at radius 1 is 1.15 bits per heavy atom. The van der Waals surface area contributed by atoms with Crippen molar-refractivity contribution in [2.75, 3.05) is 30.1 Å². The number of nitriles is 1. The molecule has 2 saturated heterocycles. The van der Waals surface area contributed by atoms with Gasteiger partial charge >= 0.3 is 12.2 Å². The second-order valence-electron chi connectivity index (χ2n) is 7.60. The van der Waals surface area contributed by atoms with E-state index in [9.17, 15) is 27.2 Å². The first-order chi connectivity index (χ1) is 15.7. The largest absolute Gasteiger partial charge is 0.417 e. The predicted molar refractivity (Wildman–Crippen MR) is 109 cm³/mol. The highest BCUT2D eigenvalue weighted by molar-refractivity contribution is 6.08. The standard InChI is InChI=1S/C22H18F4N4O3/c1-28-20(31)15-5-4-14(9-17(15)23)30-19-11-33-7-6-18(19)29(21(30)32)13-3-2-12(10-27)16(8-13)22(24,25)26/h2-5,8-9,18-19H,6-7,11H2,1H3,(H,28,31)/t18-,19-/m0/s1. The highest BCUT2D eigenvalue weighted by Gasteiger charge is 2.49. The van der Waals surface area contributed by atoms with E-state index in [1.165, 1.54) is 41.1 Å². The topological polar surface area (TPSA) is 85.7 Å². The molecule has 33 heavy (non-hydrogen) atoms. The Hall–Kier alpha value is -3.65. The van der Waals surface area contributed by atoms with Gasteiger partial charge in [0.1, 0.15) is 5.82 Å². The number of halogens is 4. The third-order valence-corrected chi connectivity index (χ3v) is 5.78. The van der Waals surface area contributed by atoms with Gasteiger partial charge in [0.15, 0.2) is 0 Å². The molecule has 1 N–H and O–H groups in total. The van der Waals surface area contributed by atoms with E-state index in [4.69, 9.17) is 10.00 Å². The summed E-state index contributed by atoms with van der Waals surface area (Å²) in [6, 6.07) is 6.54. The number of benzene rings is 2. The van der Waals surface area contributed by atoms with Gasteiger partial charge in [0.05, 0.1) is 41.5 Å². The van der Waals surface area contributed by atoms with Crippen LogP contribution in [0.15, 0.2) is 36.4 Å². The van der Waals surface area contributed by atoms with Crippen molar-refractivity contribution >= 4 is 23.3 Å². The Bertz CT molecular complexity index is 1160. The molecular formula is C22H18F4N4O3. The summed E-state index contributed by atoms with van der Waals surface area (Å²) in [5.74, 6) is -1.48. The minimum Gasteiger partial charge on any atom is -0.379 e. The van der Waals surface area contributed by atoms with Crippen LogP contribution in [-0.4, -0.2) is 44.3 Å². The predicted octanol–water partition coefficient (Wildman–Crippen LogP) is 3.68. The first-order valence-electron chi connectivity index (χ1n) is 10.0. The lowest BCUT2D eigenvalue weighted by Gasteiger charge is -2.32. The van der Waals surface area contributed by atoms with Gasteiger partial charge in [-0.05, 0) is 42.8 Å². The zero-order valence-electron chi connectivity index (χ0n) is 17.3. The van der Waals surface area contributed by atoms with Crippen LogP contribution in [0, 0.1) is 17.1 Å². The highest BCUT2D eigenvalue weighted by atomic mass is 19.4. The minimum atomic E-state index is -4.78. The van der Waals surface area contributed by atoms with E-state index in [0.717, 1.165) is 18.2 Å². The maximum atomic E-state index is 14.6. The molecule has 2 aliphatic rings. The van der Waals surface area contributed by atoms with Gasteiger partial charge in [-0.1, -0.05) is 0 Å². The van der Waals surface area contributed by atoms with Crippen LogP contribution in [0.5, 0.6) is 0 Å². The molecule has 3 amide bonds. The van der Waals surface area contributed by atoms with Gasteiger partial charge in [0, 0.05) is 25.0 Å². The highest BCUT2D eigenvalue weighted by Crippen LogP contribution is 2.40. The van der Waals surface area contributed by atoms with Crippen molar-refractivity contribution in [3.05, 3.63) is 58.9 Å². The number of urea groups is 1. The normalized spacial score (nSPS) is 20.4. The zero-order valence-corrected chi connectivity index (χ0v) is 17.3. The van der Waals surface area contributed by atoms with Crippen LogP contribution in [0.3, 0.4) is 0 Å². The number of carbonyl (C=O) groups excluding carboxylic acids is 2. The summed E-state index contributed by atoms with van der Waals surface area (Å²) in [6.45, 7) is 0.402. The molecule has 4 rings (SSSR count). The second kappa shape index (κ2) is 8.37. The van der Waals surface area contributed by atoms with E-state index >= 15 is 0 Å². The van der Waals surface area contributed by atoms with Gasteiger partial charge in [0.2, 0.25) is 0 Å². The van der Waals surface area contributed by atoms with Gasteiger partial charge in [-0.25, -0.2) is 9.18 Å². The minimum absolute atomic E-state index is 0.0202. The molecule has 2 aromatic carbocycles. The summed E-state index contributed by atoms with van der Waals surface area (Å²) in [6.07, 6.45) is -4.43. The van der Waals surface area contributed by atoms with Crippen molar-refractivity contribution < 1.29 is 31.9 Å². The molecule has 7 nitrogen and oxygen atoms in total. The van der Waals surface area contributed by atoms with E-state index in [1.807, 2.05) is 0 Å². The molecule has 2 heterocycles. The number of carbonyl (C=O) groups is 2. The van der Waals surface area contributed by atoms with Crippen molar-refractivity contribution in [1.82, 2.24) is 5.32 Å². The number of nitrogens with one attached hydrogen (secondary N) is 1. The zero-order chi connectivity index (χ0) is 23.9. The Labute approximate surface area is 186 Å². The number of fused-ring (bicyclic) bond motifs is 1. The van der Waals surface area contributed by atoms with Crippen molar-refractivity contribution in [3.8, 4) is 6.07 Å². The molecule has 0 aliphatic carbocycles. The van der Waals surface area contributed by atoms with Gasteiger partial charge < -0.3 is 10.1 Å². The molecule has 2 aromatic rings. The van der Waals surface area contributed by atoms with Crippen molar-refractivity contribution in [3.63, 3.8) is 0 Å². The maximum absolute atomic E-state index is 14.6. The summed E-state index contributed by atoms with van der Waals surface area (Å²) in [7, 11) is 1.36. The van der Waals surface area contributed by atoms with Crippen LogP contribution >= 0.6 is 0 Å². The Morgan fingerprint density at radius 3 is 2.45 bits per heavy atom.